The lowest BCUT2D eigenvalue weighted by atomic mass is 9.74. The molecule has 180 valence electrons. The van der Waals surface area contributed by atoms with Crippen LogP contribution in [0.3, 0.4) is 0 Å². The molecule has 2 heterocycles. The number of fused-ring (bicyclic) bond motifs is 2. The van der Waals surface area contributed by atoms with Gasteiger partial charge in [0.05, 0.1) is 13.2 Å². The molecule has 1 aromatic rings. The van der Waals surface area contributed by atoms with Crippen molar-refractivity contribution in [2.24, 2.45) is 0 Å². The number of benzene rings is 1. The van der Waals surface area contributed by atoms with Crippen molar-refractivity contribution < 1.29 is 27.8 Å². The van der Waals surface area contributed by atoms with Crippen molar-refractivity contribution in [3.63, 3.8) is 0 Å². The molecule has 0 radical (unpaired) electrons. The van der Waals surface area contributed by atoms with Crippen molar-refractivity contribution in [2.75, 3.05) is 32.8 Å². The summed E-state index contributed by atoms with van der Waals surface area (Å²) >= 11 is 0. The molecule has 0 saturated carbocycles. The van der Waals surface area contributed by atoms with Crippen molar-refractivity contribution in [1.82, 2.24) is 4.90 Å². The van der Waals surface area contributed by atoms with Crippen LogP contribution in [-0.2, 0) is 14.9 Å². The SMILES string of the molecule is CC(C)(C)OC(=O)C(F)(F)CN1CCC2(CC1)COc1cc(OCC3=CC=CCC3)ccc12. The molecule has 0 atom stereocenters. The molecule has 2 aliphatic heterocycles. The van der Waals surface area contributed by atoms with E-state index in [9.17, 15) is 13.6 Å². The highest BCUT2D eigenvalue weighted by Crippen LogP contribution is 2.47. The molecule has 0 N–H and O–H groups in total. The maximum Gasteiger partial charge on any atom is 0.378 e. The number of hydrogen-bond acceptors (Lipinski definition) is 5. The molecule has 1 fully saturated rings. The Balaban J connectivity index is 1.34. The Bertz CT molecular complexity index is 940. The van der Waals surface area contributed by atoms with Gasteiger partial charge in [-0.3, -0.25) is 4.90 Å². The number of rotatable bonds is 6. The van der Waals surface area contributed by atoms with Crippen LogP contribution in [0.2, 0.25) is 0 Å². The number of nitrogens with zero attached hydrogens (tertiary/aromatic N) is 1. The Labute approximate surface area is 194 Å². The van der Waals surface area contributed by atoms with Gasteiger partial charge in [0.1, 0.15) is 23.7 Å². The van der Waals surface area contributed by atoms with Crippen LogP contribution in [0.15, 0.2) is 42.0 Å². The maximum absolute atomic E-state index is 14.4. The number of likely N-dealkylation sites (tertiary alicyclic amines) is 1. The van der Waals surface area contributed by atoms with E-state index in [4.69, 9.17) is 14.2 Å². The highest BCUT2D eigenvalue weighted by Gasteiger charge is 2.48. The number of alkyl halides is 2. The Morgan fingerprint density at radius 3 is 2.64 bits per heavy atom. The van der Waals surface area contributed by atoms with Crippen LogP contribution >= 0.6 is 0 Å². The first-order valence-electron chi connectivity index (χ1n) is 11.6. The first-order valence-corrected chi connectivity index (χ1v) is 11.6. The lowest BCUT2D eigenvalue weighted by molar-refractivity contribution is -0.186. The summed E-state index contributed by atoms with van der Waals surface area (Å²) in [5.74, 6) is -3.40. The average molecular weight is 462 g/mol. The van der Waals surface area contributed by atoms with Gasteiger partial charge in [0, 0.05) is 17.0 Å². The smallest absolute Gasteiger partial charge is 0.378 e. The Morgan fingerprint density at radius 2 is 1.97 bits per heavy atom. The van der Waals surface area contributed by atoms with E-state index in [0.29, 0.717) is 39.1 Å². The molecule has 5 nitrogen and oxygen atoms in total. The summed E-state index contributed by atoms with van der Waals surface area (Å²) in [6.07, 6.45) is 9.77. The Hall–Kier alpha value is -2.41. The maximum atomic E-state index is 14.4. The minimum Gasteiger partial charge on any atom is -0.492 e. The van der Waals surface area contributed by atoms with Crippen LogP contribution in [-0.4, -0.2) is 55.2 Å². The second kappa shape index (κ2) is 9.09. The highest BCUT2D eigenvalue weighted by atomic mass is 19.3. The van der Waals surface area contributed by atoms with Crippen molar-refractivity contribution >= 4 is 5.97 Å². The van der Waals surface area contributed by atoms with E-state index in [-0.39, 0.29) is 5.41 Å². The summed E-state index contributed by atoms with van der Waals surface area (Å²) < 4.78 is 45.7. The van der Waals surface area contributed by atoms with Crippen molar-refractivity contribution in [3.8, 4) is 11.5 Å². The summed E-state index contributed by atoms with van der Waals surface area (Å²) in [5.41, 5.74) is 1.27. The molecule has 0 unspecified atom stereocenters. The number of piperidine rings is 1. The van der Waals surface area contributed by atoms with E-state index in [0.717, 1.165) is 29.9 Å². The second-order valence-electron chi connectivity index (χ2n) is 10.3. The quantitative estimate of drug-likeness (QED) is 0.555. The lowest BCUT2D eigenvalue weighted by Crippen LogP contribution is -2.50. The van der Waals surface area contributed by atoms with E-state index >= 15 is 0 Å². The Kier molecular flexibility index (Phi) is 6.54. The first-order chi connectivity index (χ1) is 15.6. The van der Waals surface area contributed by atoms with Crippen LogP contribution < -0.4 is 9.47 Å². The van der Waals surface area contributed by atoms with Gasteiger partial charge in [-0.2, -0.15) is 8.78 Å². The fraction of sp³-hybridized carbons (Fsp3) is 0.577. The topological polar surface area (TPSA) is 48.0 Å². The highest BCUT2D eigenvalue weighted by molar-refractivity contribution is 5.78. The number of carbonyl (C=O) groups is 1. The van der Waals surface area contributed by atoms with Gasteiger partial charge in [-0.1, -0.05) is 24.3 Å². The monoisotopic (exact) mass is 461 g/mol. The zero-order valence-electron chi connectivity index (χ0n) is 19.7. The zero-order valence-corrected chi connectivity index (χ0v) is 19.7. The summed E-state index contributed by atoms with van der Waals surface area (Å²) in [6, 6.07) is 5.96. The Morgan fingerprint density at radius 1 is 1.21 bits per heavy atom. The van der Waals surface area contributed by atoms with E-state index in [1.807, 2.05) is 12.1 Å². The van der Waals surface area contributed by atoms with E-state index in [1.165, 1.54) is 5.57 Å². The molecule has 1 saturated heterocycles. The van der Waals surface area contributed by atoms with Gasteiger partial charge in [-0.05, 0) is 71.2 Å². The normalized spacial score (nSPS) is 20.2. The first kappa shape index (κ1) is 23.7. The van der Waals surface area contributed by atoms with Crippen LogP contribution in [0.25, 0.3) is 0 Å². The molecule has 3 aliphatic rings. The fourth-order valence-electron chi connectivity index (χ4n) is 4.64. The summed E-state index contributed by atoms with van der Waals surface area (Å²) in [4.78, 5) is 13.6. The predicted octanol–water partition coefficient (Wildman–Crippen LogP) is 5.04. The van der Waals surface area contributed by atoms with Crippen molar-refractivity contribution in [2.45, 2.75) is 63.4 Å². The molecule has 0 amide bonds. The average Bonchev–Trinajstić information content (AvgIpc) is 3.11. The number of esters is 1. The fourth-order valence-corrected chi connectivity index (χ4v) is 4.64. The van der Waals surface area contributed by atoms with Gasteiger partial charge < -0.3 is 14.2 Å². The predicted molar refractivity (Wildman–Crippen MR) is 122 cm³/mol. The third-order valence-corrected chi connectivity index (χ3v) is 6.49. The van der Waals surface area contributed by atoms with Gasteiger partial charge in [0.25, 0.3) is 0 Å². The summed E-state index contributed by atoms with van der Waals surface area (Å²) in [7, 11) is 0. The molecule has 1 spiro atoms. The number of allylic oxidation sites excluding steroid dienone is 3. The number of ether oxygens (including phenoxy) is 3. The molecule has 0 bridgehead atoms. The third-order valence-electron chi connectivity index (χ3n) is 6.49. The number of carbonyl (C=O) groups excluding carboxylic acids is 1. The molecule has 0 aromatic heterocycles. The minimum absolute atomic E-state index is 0.178. The van der Waals surface area contributed by atoms with Crippen LogP contribution in [0.4, 0.5) is 8.78 Å². The molecular formula is C26H33F2NO4. The third kappa shape index (κ3) is 5.57. The van der Waals surface area contributed by atoms with Gasteiger partial charge in [-0.15, -0.1) is 0 Å². The van der Waals surface area contributed by atoms with Gasteiger partial charge in [0.15, 0.2) is 0 Å². The number of hydrogen-bond donors (Lipinski definition) is 0. The van der Waals surface area contributed by atoms with E-state index < -0.39 is 24.0 Å². The molecule has 1 aliphatic carbocycles. The van der Waals surface area contributed by atoms with E-state index in [2.05, 4.69) is 24.3 Å². The summed E-state index contributed by atoms with van der Waals surface area (Å²) in [5, 5.41) is 0. The van der Waals surface area contributed by atoms with Crippen LogP contribution in [0.1, 0.15) is 52.0 Å². The van der Waals surface area contributed by atoms with Crippen LogP contribution in [0.5, 0.6) is 11.5 Å². The lowest BCUT2D eigenvalue weighted by Gasteiger charge is -2.39. The standard InChI is InChI=1S/C26H33F2NO4/c1-24(2,3)33-23(30)26(27,28)17-29-13-11-25(12-14-29)18-32-22-15-20(9-10-21(22)25)31-16-19-7-5-4-6-8-19/h4-5,7,9-10,15H,6,8,11-14,16-18H2,1-3H3. The summed E-state index contributed by atoms with van der Waals surface area (Å²) in [6.45, 7) is 6.19. The zero-order chi connectivity index (χ0) is 23.7. The number of halogens is 2. The van der Waals surface area contributed by atoms with Gasteiger partial charge >= 0.3 is 11.9 Å². The molecule has 1 aromatic carbocycles. The molecule has 33 heavy (non-hydrogen) atoms. The molecular weight excluding hydrogens is 428 g/mol. The van der Waals surface area contributed by atoms with E-state index in [1.54, 1.807) is 25.7 Å². The van der Waals surface area contributed by atoms with Gasteiger partial charge in [-0.25, -0.2) is 4.79 Å². The molecule has 7 heteroatoms. The van der Waals surface area contributed by atoms with Gasteiger partial charge in [0.2, 0.25) is 0 Å². The largest absolute Gasteiger partial charge is 0.492 e. The molecule has 4 rings (SSSR count). The van der Waals surface area contributed by atoms with Crippen LogP contribution in [0, 0.1) is 0 Å². The van der Waals surface area contributed by atoms with Crippen molar-refractivity contribution in [3.05, 3.63) is 47.6 Å². The van der Waals surface area contributed by atoms with Crippen molar-refractivity contribution in [1.29, 1.82) is 0 Å². The second-order valence-corrected chi connectivity index (χ2v) is 10.3. The minimum atomic E-state index is -3.53.